The second-order valence-electron chi connectivity index (χ2n) is 7.06. The van der Waals surface area contributed by atoms with E-state index in [2.05, 4.69) is 40.3 Å². The number of aromatic nitrogens is 2. The molecule has 0 saturated carbocycles. The molecule has 5 heteroatoms. The number of rotatable bonds is 6. The van der Waals surface area contributed by atoms with E-state index >= 15 is 0 Å². The first kappa shape index (κ1) is 18.6. The van der Waals surface area contributed by atoms with Gasteiger partial charge in [0.2, 0.25) is 0 Å². The summed E-state index contributed by atoms with van der Waals surface area (Å²) in [6.07, 6.45) is 3.32. The summed E-state index contributed by atoms with van der Waals surface area (Å²) < 4.78 is 1.89. The summed E-state index contributed by atoms with van der Waals surface area (Å²) in [5.41, 5.74) is 3.04. The number of benzene rings is 1. The Kier molecular flexibility index (Phi) is 6.45. The molecule has 140 valence electrons. The molecule has 1 aromatic carbocycles. The average Bonchev–Trinajstić information content (AvgIpc) is 2.88. The highest BCUT2D eigenvalue weighted by Crippen LogP contribution is 2.11. The molecule has 5 nitrogen and oxygen atoms in total. The first-order valence-electron chi connectivity index (χ1n) is 9.77. The van der Waals surface area contributed by atoms with Crippen LogP contribution in [0.15, 0.2) is 36.4 Å². The minimum Gasteiger partial charge on any atom is -0.336 e. The van der Waals surface area contributed by atoms with Crippen molar-refractivity contribution in [2.24, 2.45) is 0 Å². The molecule has 1 aliphatic heterocycles. The zero-order valence-corrected chi connectivity index (χ0v) is 16.0. The smallest absolute Gasteiger partial charge is 0.274 e. The van der Waals surface area contributed by atoms with Gasteiger partial charge in [0.05, 0.1) is 0 Å². The maximum absolute atomic E-state index is 12.8. The van der Waals surface area contributed by atoms with Crippen LogP contribution in [0.1, 0.15) is 41.5 Å². The van der Waals surface area contributed by atoms with Crippen LogP contribution in [0.25, 0.3) is 0 Å². The summed E-state index contributed by atoms with van der Waals surface area (Å²) in [7, 11) is 0. The third-order valence-electron chi connectivity index (χ3n) is 5.16. The summed E-state index contributed by atoms with van der Waals surface area (Å²) in [6, 6.07) is 12.6. The topological polar surface area (TPSA) is 41.4 Å². The van der Waals surface area contributed by atoms with Crippen molar-refractivity contribution >= 4 is 5.91 Å². The molecule has 0 unspecified atom stereocenters. The molecule has 0 aliphatic carbocycles. The van der Waals surface area contributed by atoms with Crippen molar-refractivity contribution in [3.8, 4) is 0 Å². The van der Waals surface area contributed by atoms with Crippen LogP contribution in [0.2, 0.25) is 0 Å². The number of hydrogen-bond donors (Lipinski definition) is 0. The molecule has 0 N–H and O–H groups in total. The van der Waals surface area contributed by atoms with E-state index in [1.165, 1.54) is 5.56 Å². The minimum atomic E-state index is 0.0754. The molecular formula is C21H30N4O. The Balaban J connectivity index is 1.48. The molecule has 0 radical (unpaired) electrons. The lowest BCUT2D eigenvalue weighted by atomic mass is 10.1. The number of carbonyl (C=O) groups excluding carboxylic acids is 1. The molecule has 1 fully saturated rings. The first-order chi connectivity index (χ1) is 12.7. The van der Waals surface area contributed by atoms with Gasteiger partial charge >= 0.3 is 0 Å². The summed E-state index contributed by atoms with van der Waals surface area (Å²) in [5, 5.41) is 4.45. The van der Waals surface area contributed by atoms with Gasteiger partial charge in [-0.3, -0.25) is 9.48 Å². The molecule has 1 aromatic heterocycles. The van der Waals surface area contributed by atoms with Gasteiger partial charge in [-0.25, -0.2) is 0 Å². The predicted molar refractivity (Wildman–Crippen MR) is 104 cm³/mol. The molecule has 1 aliphatic rings. The normalized spacial score (nSPS) is 15.8. The molecule has 2 aromatic rings. The third-order valence-corrected chi connectivity index (χ3v) is 5.16. The average molecular weight is 354 g/mol. The van der Waals surface area contributed by atoms with Crippen molar-refractivity contribution in [1.29, 1.82) is 0 Å². The van der Waals surface area contributed by atoms with E-state index in [1.54, 1.807) is 0 Å². The van der Waals surface area contributed by atoms with Crippen LogP contribution in [-0.2, 0) is 13.0 Å². The number of amides is 1. The van der Waals surface area contributed by atoms with Crippen LogP contribution in [-0.4, -0.2) is 58.2 Å². The number of nitrogens with zero attached hydrogens (tertiary/aromatic N) is 4. The van der Waals surface area contributed by atoms with Crippen LogP contribution in [0.3, 0.4) is 0 Å². The van der Waals surface area contributed by atoms with Crippen molar-refractivity contribution in [2.45, 2.75) is 39.7 Å². The quantitative estimate of drug-likeness (QED) is 0.801. The van der Waals surface area contributed by atoms with Gasteiger partial charge < -0.3 is 9.80 Å². The highest BCUT2D eigenvalue weighted by molar-refractivity contribution is 5.92. The molecule has 2 heterocycles. The molecule has 3 rings (SSSR count). The second-order valence-corrected chi connectivity index (χ2v) is 7.06. The molecule has 0 atom stereocenters. The van der Waals surface area contributed by atoms with Crippen LogP contribution >= 0.6 is 0 Å². The molecular weight excluding hydrogens is 324 g/mol. The summed E-state index contributed by atoms with van der Waals surface area (Å²) >= 11 is 0. The molecule has 0 bridgehead atoms. The summed E-state index contributed by atoms with van der Waals surface area (Å²) in [6.45, 7) is 9.59. The van der Waals surface area contributed by atoms with Gasteiger partial charge in [-0.05, 0) is 57.8 Å². The minimum absolute atomic E-state index is 0.0754. The molecule has 26 heavy (non-hydrogen) atoms. The van der Waals surface area contributed by atoms with Crippen LogP contribution in [0.4, 0.5) is 0 Å². The van der Waals surface area contributed by atoms with E-state index in [-0.39, 0.29) is 5.91 Å². The van der Waals surface area contributed by atoms with Crippen LogP contribution in [0, 0.1) is 6.92 Å². The second kappa shape index (κ2) is 8.99. The molecule has 1 amide bonds. The Morgan fingerprint density at radius 3 is 2.65 bits per heavy atom. The fourth-order valence-corrected chi connectivity index (χ4v) is 3.65. The summed E-state index contributed by atoms with van der Waals surface area (Å²) in [4.78, 5) is 17.2. The van der Waals surface area contributed by atoms with Crippen LogP contribution < -0.4 is 0 Å². The lowest BCUT2D eigenvalue weighted by molar-refractivity contribution is 0.0754. The lowest BCUT2D eigenvalue weighted by Crippen LogP contribution is -2.35. The van der Waals surface area contributed by atoms with Gasteiger partial charge in [0.1, 0.15) is 0 Å². The highest BCUT2D eigenvalue weighted by atomic mass is 16.2. The van der Waals surface area contributed by atoms with Crippen LogP contribution in [0.5, 0.6) is 0 Å². The van der Waals surface area contributed by atoms with Gasteiger partial charge in [0.15, 0.2) is 5.69 Å². The Morgan fingerprint density at radius 2 is 1.92 bits per heavy atom. The Labute approximate surface area is 156 Å². The Hall–Kier alpha value is -2.14. The van der Waals surface area contributed by atoms with Gasteiger partial charge in [-0.15, -0.1) is 0 Å². The summed E-state index contributed by atoms with van der Waals surface area (Å²) in [5.74, 6) is 0.0754. The predicted octanol–water partition coefficient (Wildman–Crippen LogP) is 2.99. The van der Waals surface area contributed by atoms with E-state index in [4.69, 9.17) is 0 Å². The van der Waals surface area contributed by atoms with Crippen molar-refractivity contribution in [3.63, 3.8) is 0 Å². The molecule has 0 spiro atoms. The van der Waals surface area contributed by atoms with E-state index < -0.39 is 0 Å². The van der Waals surface area contributed by atoms with E-state index in [9.17, 15) is 4.79 Å². The fraction of sp³-hybridized carbons (Fsp3) is 0.524. The van der Waals surface area contributed by atoms with Gasteiger partial charge in [0.25, 0.3) is 5.91 Å². The Morgan fingerprint density at radius 1 is 1.12 bits per heavy atom. The van der Waals surface area contributed by atoms with E-state index in [1.807, 2.05) is 29.5 Å². The number of aryl methyl sites for hydroxylation is 3. The van der Waals surface area contributed by atoms with E-state index in [0.717, 1.165) is 64.2 Å². The SMILES string of the molecule is CCn1nc(C(=O)N2CCCN(CCCc3ccccc3)CC2)cc1C. The third kappa shape index (κ3) is 4.73. The fourth-order valence-electron chi connectivity index (χ4n) is 3.65. The highest BCUT2D eigenvalue weighted by Gasteiger charge is 2.22. The van der Waals surface area contributed by atoms with Gasteiger partial charge in [-0.2, -0.15) is 5.10 Å². The van der Waals surface area contributed by atoms with Crippen molar-refractivity contribution in [2.75, 3.05) is 32.7 Å². The lowest BCUT2D eigenvalue weighted by Gasteiger charge is -2.21. The Bertz CT molecular complexity index is 710. The molecule has 1 saturated heterocycles. The first-order valence-corrected chi connectivity index (χ1v) is 9.77. The maximum Gasteiger partial charge on any atom is 0.274 e. The largest absolute Gasteiger partial charge is 0.336 e. The zero-order valence-electron chi connectivity index (χ0n) is 16.0. The number of hydrogen-bond acceptors (Lipinski definition) is 3. The van der Waals surface area contributed by atoms with Crippen molar-refractivity contribution in [1.82, 2.24) is 19.6 Å². The van der Waals surface area contributed by atoms with Crippen molar-refractivity contribution in [3.05, 3.63) is 53.3 Å². The standard InChI is InChI=1S/C21H30N4O/c1-3-25-18(2)17-20(22-25)21(26)24-14-8-13-23(15-16-24)12-7-11-19-9-5-4-6-10-19/h4-6,9-10,17H,3,7-8,11-16H2,1-2H3. The number of carbonyl (C=O) groups is 1. The van der Waals surface area contributed by atoms with E-state index in [0.29, 0.717) is 5.69 Å². The van der Waals surface area contributed by atoms with Gasteiger partial charge in [-0.1, -0.05) is 30.3 Å². The van der Waals surface area contributed by atoms with Gasteiger partial charge in [0, 0.05) is 31.9 Å². The maximum atomic E-state index is 12.8. The monoisotopic (exact) mass is 354 g/mol. The zero-order chi connectivity index (χ0) is 18.4. The van der Waals surface area contributed by atoms with Crippen molar-refractivity contribution < 1.29 is 4.79 Å².